The van der Waals surface area contributed by atoms with Crippen LogP contribution in [0.2, 0.25) is 0 Å². The lowest BCUT2D eigenvalue weighted by Gasteiger charge is -2.24. The van der Waals surface area contributed by atoms with Crippen LogP contribution in [-0.2, 0) is 6.54 Å². The van der Waals surface area contributed by atoms with E-state index in [0.717, 1.165) is 24.8 Å². The fourth-order valence-corrected chi connectivity index (χ4v) is 3.03. The molecule has 1 aromatic heterocycles. The van der Waals surface area contributed by atoms with Gasteiger partial charge in [0, 0.05) is 24.0 Å². The summed E-state index contributed by atoms with van der Waals surface area (Å²) in [7, 11) is 0. The van der Waals surface area contributed by atoms with E-state index in [2.05, 4.69) is 49.8 Å². The Morgan fingerprint density at radius 3 is 2.59 bits per heavy atom. The summed E-state index contributed by atoms with van der Waals surface area (Å²) in [4.78, 5) is 8.40. The number of hydrogen-bond donors (Lipinski definition) is 1. The quantitative estimate of drug-likeness (QED) is 0.758. The minimum Gasteiger partial charge on any atom is -0.346 e. The molecule has 0 aromatic carbocycles. The van der Waals surface area contributed by atoms with Gasteiger partial charge in [0.15, 0.2) is 5.13 Å². The predicted octanol–water partition coefficient (Wildman–Crippen LogP) is 3.19. The predicted molar refractivity (Wildman–Crippen MR) is 77.0 cm³/mol. The minimum absolute atomic E-state index is 0.516. The van der Waals surface area contributed by atoms with Crippen molar-refractivity contribution >= 4 is 16.5 Å². The average molecular weight is 255 g/mol. The highest BCUT2D eigenvalue weighted by molar-refractivity contribution is 7.15. The fraction of sp³-hybridized carbons (Fsp3) is 0.769. The van der Waals surface area contributed by atoms with Crippen LogP contribution in [0.15, 0.2) is 0 Å². The molecular formula is C13H25N3S. The third-order valence-corrected chi connectivity index (χ3v) is 4.00. The molecule has 1 N–H and O–H groups in total. The summed E-state index contributed by atoms with van der Waals surface area (Å²) < 4.78 is 0. The summed E-state index contributed by atoms with van der Waals surface area (Å²) in [6.07, 6.45) is 1.18. The number of thiazole rings is 1. The Kier molecular flexibility index (Phi) is 5.92. The molecule has 0 saturated carbocycles. The second kappa shape index (κ2) is 6.97. The van der Waals surface area contributed by atoms with Crippen LogP contribution in [0, 0.1) is 6.92 Å². The number of aromatic nitrogens is 1. The third kappa shape index (κ3) is 3.96. The zero-order valence-electron chi connectivity index (χ0n) is 11.7. The maximum atomic E-state index is 4.69. The first-order chi connectivity index (χ1) is 8.10. The highest BCUT2D eigenvalue weighted by atomic mass is 32.1. The molecule has 0 aliphatic rings. The molecule has 4 heteroatoms. The van der Waals surface area contributed by atoms with E-state index in [1.165, 1.54) is 17.0 Å². The van der Waals surface area contributed by atoms with Crippen LogP contribution in [0.3, 0.4) is 0 Å². The van der Waals surface area contributed by atoms with E-state index in [-0.39, 0.29) is 0 Å². The summed E-state index contributed by atoms with van der Waals surface area (Å²) in [6.45, 7) is 14.0. The molecule has 1 rings (SSSR count). The lowest BCUT2D eigenvalue weighted by molar-refractivity contribution is 0.678. The van der Waals surface area contributed by atoms with Crippen molar-refractivity contribution < 1.29 is 0 Å². The van der Waals surface area contributed by atoms with Gasteiger partial charge in [-0.25, -0.2) is 4.98 Å². The number of hydrogen-bond acceptors (Lipinski definition) is 4. The van der Waals surface area contributed by atoms with Crippen molar-refractivity contribution in [3.05, 3.63) is 10.6 Å². The Hall–Kier alpha value is -0.610. The van der Waals surface area contributed by atoms with E-state index in [4.69, 9.17) is 0 Å². The Morgan fingerprint density at radius 1 is 1.35 bits per heavy atom. The molecule has 0 spiro atoms. The Labute approximate surface area is 109 Å². The molecule has 0 atom stereocenters. The first kappa shape index (κ1) is 14.5. The highest BCUT2D eigenvalue weighted by Gasteiger charge is 2.14. The second-order valence-electron chi connectivity index (χ2n) is 4.56. The zero-order valence-corrected chi connectivity index (χ0v) is 12.5. The molecule has 0 radical (unpaired) electrons. The summed E-state index contributed by atoms with van der Waals surface area (Å²) >= 11 is 1.82. The molecule has 17 heavy (non-hydrogen) atoms. The van der Waals surface area contributed by atoms with Gasteiger partial charge in [0.05, 0.1) is 5.69 Å². The van der Waals surface area contributed by atoms with Crippen LogP contribution < -0.4 is 10.2 Å². The summed E-state index contributed by atoms with van der Waals surface area (Å²) in [5, 5.41) is 4.60. The molecule has 0 saturated heterocycles. The normalized spacial score (nSPS) is 11.2. The monoisotopic (exact) mass is 255 g/mol. The molecule has 0 bridgehead atoms. The first-order valence-electron chi connectivity index (χ1n) is 6.53. The van der Waals surface area contributed by atoms with E-state index in [9.17, 15) is 0 Å². The standard InChI is InChI=1S/C13H25N3S/c1-6-8-14-9-12-11(5)15-13(17-12)16(7-2)10(3)4/h10,14H,6-9H2,1-5H3. The van der Waals surface area contributed by atoms with E-state index < -0.39 is 0 Å². The van der Waals surface area contributed by atoms with Crippen LogP contribution in [0.5, 0.6) is 0 Å². The van der Waals surface area contributed by atoms with Crippen molar-refractivity contribution in [1.29, 1.82) is 0 Å². The fourth-order valence-electron chi connectivity index (χ4n) is 1.80. The van der Waals surface area contributed by atoms with Crippen molar-refractivity contribution in [3.63, 3.8) is 0 Å². The van der Waals surface area contributed by atoms with E-state index >= 15 is 0 Å². The van der Waals surface area contributed by atoms with Gasteiger partial charge in [0.2, 0.25) is 0 Å². The van der Waals surface area contributed by atoms with Crippen molar-refractivity contribution in [1.82, 2.24) is 10.3 Å². The van der Waals surface area contributed by atoms with Crippen molar-refractivity contribution in [3.8, 4) is 0 Å². The third-order valence-electron chi connectivity index (χ3n) is 2.80. The molecule has 0 aliphatic carbocycles. The van der Waals surface area contributed by atoms with Gasteiger partial charge >= 0.3 is 0 Å². The van der Waals surface area contributed by atoms with Crippen LogP contribution >= 0.6 is 11.3 Å². The maximum absolute atomic E-state index is 4.69. The number of nitrogens with one attached hydrogen (secondary N) is 1. The van der Waals surface area contributed by atoms with Crippen LogP contribution in [0.4, 0.5) is 5.13 Å². The minimum atomic E-state index is 0.516. The highest BCUT2D eigenvalue weighted by Crippen LogP contribution is 2.27. The first-order valence-corrected chi connectivity index (χ1v) is 7.35. The van der Waals surface area contributed by atoms with Gasteiger partial charge in [-0.15, -0.1) is 11.3 Å². The van der Waals surface area contributed by atoms with E-state index in [1.54, 1.807) is 0 Å². The Morgan fingerprint density at radius 2 is 2.06 bits per heavy atom. The lowest BCUT2D eigenvalue weighted by Crippen LogP contribution is -2.30. The molecule has 98 valence electrons. The van der Waals surface area contributed by atoms with Gasteiger partial charge in [0.1, 0.15) is 0 Å². The Bertz CT molecular complexity index is 333. The average Bonchev–Trinajstić information content (AvgIpc) is 2.61. The van der Waals surface area contributed by atoms with Gasteiger partial charge in [0.25, 0.3) is 0 Å². The molecule has 0 aliphatic heterocycles. The molecule has 1 aromatic rings. The molecular weight excluding hydrogens is 230 g/mol. The SMILES string of the molecule is CCCNCc1sc(N(CC)C(C)C)nc1C. The van der Waals surface area contributed by atoms with Gasteiger partial charge in [-0.05, 0) is 40.7 Å². The molecule has 0 fully saturated rings. The molecule has 0 unspecified atom stereocenters. The smallest absolute Gasteiger partial charge is 0.186 e. The summed E-state index contributed by atoms with van der Waals surface area (Å²) in [5.41, 5.74) is 1.17. The maximum Gasteiger partial charge on any atom is 0.186 e. The molecule has 1 heterocycles. The van der Waals surface area contributed by atoms with Crippen LogP contribution in [-0.4, -0.2) is 24.1 Å². The molecule has 3 nitrogen and oxygen atoms in total. The van der Waals surface area contributed by atoms with Crippen molar-refractivity contribution in [2.24, 2.45) is 0 Å². The molecule has 0 amide bonds. The largest absolute Gasteiger partial charge is 0.346 e. The van der Waals surface area contributed by atoms with E-state index in [1.807, 2.05) is 11.3 Å². The van der Waals surface area contributed by atoms with Gasteiger partial charge in [-0.1, -0.05) is 6.92 Å². The van der Waals surface area contributed by atoms with E-state index in [0.29, 0.717) is 6.04 Å². The number of aryl methyl sites for hydroxylation is 1. The van der Waals surface area contributed by atoms with Gasteiger partial charge in [-0.2, -0.15) is 0 Å². The van der Waals surface area contributed by atoms with Crippen molar-refractivity contribution in [2.45, 2.75) is 53.6 Å². The Balaban J connectivity index is 2.72. The van der Waals surface area contributed by atoms with Crippen LogP contribution in [0.1, 0.15) is 44.7 Å². The van der Waals surface area contributed by atoms with Crippen LogP contribution in [0.25, 0.3) is 0 Å². The second-order valence-corrected chi connectivity index (χ2v) is 5.62. The lowest BCUT2D eigenvalue weighted by atomic mass is 10.3. The number of nitrogens with zero attached hydrogens (tertiary/aromatic N) is 2. The van der Waals surface area contributed by atoms with Gasteiger partial charge < -0.3 is 10.2 Å². The van der Waals surface area contributed by atoms with Crippen molar-refractivity contribution in [2.75, 3.05) is 18.0 Å². The number of anilines is 1. The number of rotatable bonds is 7. The zero-order chi connectivity index (χ0) is 12.8. The summed E-state index contributed by atoms with van der Waals surface area (Å²) in [5.74, 6) is 0. The summed E-state index contributed by atoms with van der Waals surface area (Å²) in [6, 6.07) is 0.516. The van der Waals surface area contributed by atoms with Gasteiger partial charge in [-0.3, -0.25) is 0 Å². The topological polar surface area (TPSA) is 28.2 Å².